The molecule has 0 aliphatic carbocycles. The summed E-state index contributed by atoms with van der Waals surface area (Å²) in [6.45, 7) is 4.50. The van der Waals surface area contributed by atoms with Gasteiger partial charge in [-0.15, -0.1) is 0 Å². The highest BCUT2D eigenvalue weighted by Gasteiger charge is 2.37. The first kappa shape index (κ1) is 19.5. The van der Waals surface area contributed by atoms with E-state index in [1.54, 1.807) is 24.3 Å². The van der Waals surface area contributed by atoms with Crippen LogP contribution in [0.25, 0.3) is 0 Å². The Morgan fingerprint density at radius 2 is 1.73 bits per heavy atom. The average molecular weight is 402 g/mol. The fourth-order valence-corrected chi connectivity index (χ4v) is 3.38. The van der Waals surface area contributed by atoms with Gasteiger partial charge in [0.1, 0.15) is 11.7 Å². The fourth-order valence-electron chi connectivity index (χ4n) is 3.38. The summed E-state index contributed by atoms with van der Waals surface area (Å²) in [5, 5.41) is 17.7. The van der Waals surface area contributed by atoms with E-state index >= 15 is 0 Å². The van der Waals surface area contributed by atoms with E-state index in [2.05, 4.69) is 26.2 Å². The van der Waals surface area contributed by atoms with Gasteiger partial charge in [0.15, 0.2) is 5.78 Å². The zero-order valence-electron chi connectivity index (χ0n) is 16.7. The number of amides is 1. The van der Waals surface area contributed by atoms with E-state index in [0.717, 1.165) is 5.56 Å². The van der Waals surface area contributed by atoms with E-state index in [9.17, 15) is 9.59 Å². The summed E-state index contributed by atoms with van der Waals surface area (Å²) in [6.07, 6.45) is 0. The van der Waals surface area contributed by atoms with Crippen LogP contribution in [0.15, 0.2) is 71.9 Å². The fraction of sp³-hybridized carbons (Fsp3) is 0.227. The van der Waals surface area contributed by atoms with Gasteiger partial charge in [0.2, 0.25) is 5.95 Å². The van der Waals surface area contributed by atoms with Crippen LogP contribution in [-0.4, -0.2) is 38.4 Å². The first-order chi connectivity index (χ1) is 14.6. The van der Waals surface area contributed by atoms with Crippen molar-refractivity contribution in [2.24, 2.45) is 5.92 Å². The van der Waals surface area contributed by atoms with Crippen LogP contribution < -0.4 is 10.6 Å². The highest BCUT2D eigenvalue weighted by atomic mass is 16.2. The Hall–Kier alpha value is -3.81. The number of hydrogen-bond donors (Lipinski definition) is 2. The minimum absolute atomic E-state index is 0.167. The molecule has 1 atom stereocenters. The van der Waals surface area contributed by atoms with Crippen molar-refractivity contribution in [1.29, 1.82) is 0 Å². The lowest BCUT2D eigenvalue weighted by Crippen LogP contribution is -2.38. The molecule has 1 aromatic heterocycles. The number of carbonyl (C=O) groups excluding carboxylic acids is 2. The van der Waals surface area contributed by atoms with Gasteiger partial charge in [-0.25, -0.2) is 0 Å². The van der Waals surface area contributed by atoms with Gasteiger partial charge < -0.3 is 10.6 Å². The number of anilines is 1. The molecule has 8 nitrogen and oxygen atoms in total. The molecule has 2 heterocycles. The second-order valence-electron chi connectivity index (χ2n) is 7.47. The van der Waals surface area contributed by atoms with Crippen molar-refractivity contribution in [3.05, 3.63) is 83.1 Å². The minimum atomic E-state index is -0.634. The number of tetrazole rings is 1. The van der Waals surface area contributed by atoms with Crippen molar-refractivity contribution in [2.75, 3.05) is 11.9 Å². The van der Waals surface area contributed by atoms with Crippen LogP contribution in [0.2, 0.25) is 0 Å². The summed E-state index contributed by atoms with van der Waals surface area (Å²) < 4.78 is 1.53. The highest BCUT2D eigenvalue weighted by molar-refractivity contribution is 6.15. The molecule has 152 valence electrons. The summed E-state index contributed by atoms with van der Waals surface area (Å²) in [4.78, 5) is 26.7. The first-order valence-corrected chi connectivity index (χ1v) is 9.78. The molecule has 1 aliphatic heterocycles. The van der Waals surface area contributed by atoms with Crippen molar-refractivity contribution in [3.8, 4) is 0 Å². The Bertz CT molecular complexity index is 1090. The number of allylic oxidation sites excluding steroid dienone is 1. The van der Waals surface area contributed by atoms with Gasteiger partial charge in [0, 0.05) is 12.1 Å². The maximum atomic E-state index is 13.6. The maximum Gasteiger partial charge on any atom is 0.268 e. The Balaban J connectivity index is 1.89. The zero-order chi connectivity index (χ0) is 21.1. The van der Waals surface area contributed by atoms with Crippen LogP contribution in [0.5, 0.6) is 0 Å². The number of benzene rings is 2. The van der Waals surface area contributed by atoms with Crippen LogP contribution in [0, 0.1) is 5.92 Å². The van der Waals surface area contributed by atoms with E-state index in [4.69, 9.17) is 0 Å². The van der Waals surface area contributed by atoms with Gasteiger partial charge in [0.25, 0.3) is 5.91 Å². The van der Waals surface area contributed by atoms with Crippen LogP contribution >= 0.6 is 0 Å². The molecule has 30 heavy (non-hydrogen) atoms. The molecule has 0 bridgehead atoms. The summed E-state index contributed by atoms with van der Waals surface area (Å²) >= 11 is 0. The monoisotopic (exact) mass is 402 g/mol. The van der Waals surface area contributed by atoms with Crippen LogP contribution in [-0.2, 0) is 4.79 Å². The minimum Gasteiger partial charge on any atom is -0.351 e. The van der Waals surface area contributed by atoms with Crippen molar-refractivity contribution >= 4 is 17.6 Å². The van der Waals surface area contributed by atoms with Crippen LogP contribution in [0.1, 0.15) is 35.8 Å². The Kier molecular flexibility index (Phi) is 5.38. The zero-order valence-corrected chi connectivity index (χ0v) is 16.7. The largest absolute Gasteiger partial charge is 0.351 e. The van der Waals surface area contributed by atoms with Crippen molar-refractivity contribution < 1.29 is 9.59 Å². The number of rotatable bonds is 6. The van der Waals surface area contributed by atoms with Gasteiger partial charge in [-0.2, -0.15) is 4.68 Å². The smallest absolute Gasteiger partial charge is 0.268 e. The topological polar surface area (TPSA) is 102 Å². The predicted molar refractivity (Wildman–Crippen MR) is 112 cm³/mol. The second-order valence-corrected chi connectivity index (χ2v) is 7.47. The molecule has 0 saturated heterocycles. The molecular weight excluding hydrogens is 380 g/mol. The summed E-state index contributed by atoms with van der Waals surface area (Å²) in [5.74, 6) is -0.0456. The quantitative estimate of drug-likeness (QED) is 0.615. The van der Waals surface area contributed by atoms with Gasteiger partial charge in [0.05, 0.1) is 5.57 Å². The number of nitrogens with zero attached hydrogens (tertiary/aromatic N) is 4. The maximum absolute atomic E-state index is 13.6. The molecule has 2 N–H and O–H groups in total. The molecule has 1 amide bonds. The van der Waals surface area contributed by atoms with Crippen LogP contribution in [0.4, 0.5) is 5.95 Å². The normalized spacial score (nSPS) is 15.5. The number of Topliss-reactive ketones (excluding diaryl/α,β-unsaturated/α-hetero) is 1. The third kappa shape index (κ3) is 3.71. The Morgan fingerprint density at radius 1 is 1.07 bits per heavy atom. The number of ketones is 1. The van der Waals surface area contributed by atoms with Crippen LogP contribution in [0.3, 0.4) is 0 Å². The van der Waals surface area contributed by atoms with Crippen molar-refractivity contribution in [3.63, 3.8) is 0 Å². The van der Waals surface area contributed by atoms with Crippen molar-refractivity contribution in [1.82, 2.24) is 25.5 Å². The third-order valence-corrected chi connectivity index (χ3v) is 4.81. The molecule has 0 spiro atoms. The Labute approximate surface area is 174 Å². The number of carbonyl (C=O) groups is 2. The molecule has 0 radical (unpaired) electrons. The van der Waals surface area contributed by atoms with Gasteiger partial charge >= 0.3 is 0 Å². The average Bonchev–Trinajstić information content (AvgIpc) is 3.25. The van der Waals surface area contributed by atoms with Gasteiger partial charge in [-0.1, -0.05) is 79.6 Å². The molecule has 0 fully saturated rings. The van der Waals surface area contributed by atoms with E-state index in [0.29, 0.717) is 23.6 Å². The number of aromatic nitrogens is 4. The number of hydrogen-bond acceptors (Lipinski definition) is 6. The van der Waals surface area contributed by atoms with Gasteiger partial charge in [-0.3, -0.25) is 9.59 Å². The standard InChI is InChI=1S/C22H22N6O2/c1-14(2)13-23-21(30)18-17(20(29)16-11-7-4-8-12-16)19(15-9-5-3-6-10-15)28-22(24-18)25-26-27-28/h3-12,14,19H,13H2,1-2H3,(H,23,30)(H,24,25,27)/t19-/m1/s1. The molecule has 1 aliphatic rings. The SMILES string of the molecule is CC(C)CNC(=O)C1=C(C(=O)c2ccccc2)[C@@H](c2ccccc2)n2nnnc2N1. The highest BCUT2D eigenvalue weighted by Crippen LogP contribution is 2.36. The molecular formula is C22H22N6O2. The lowest BCUT2D eigenvalue weighted by molar-refractivity contribution is -0.117. The number of fused-ring (bicyclic) bond motifs is 1. The summed E-state index contributed by atoms with van der Waals surface area (Å²) in [5.41, 5.74) is 1.76. The molecule has 8 heteroatoms. The molecule has 0 saturated carbocycles. The lowest BCUT2D eigenvalue weighted by Gasteiger charge is -2.28. The first-order valence-electron chi connectivity index (χ1n) is 9.78. The molecule has 4 rings (SSSR count). The van der Waals surface area contributed by atoms with E-state index in [1.165, 1.54) is 4.68 Å². The lowest BCUT2D eigenvalue weighted by atomic mass is 9.89. The second kappa shape index (κ2) is 8.28. The van der Waals surface area contributed by atoms with E-state index in [1.807, 2.05) is 50.2 Å². The van der Waals surface area contributed by atoms with E-state index in [-0.39, 0.29) is 23.3 Å². The third-order valence-electron chi connectivity index (χ3n) is 4.81. The summed E-state index contributed by atoms with van der Waals surface area (Å²) in [7, 11) is 0. The van der Waals surface area contributed by atoms with Crippen molar-refractivity contribution in [2.45, 2.75) is 19.9 Å². The molecule has 0 unspecified atom stereocenters. The van der Waals surface area contributed by atoms with Gasteiger partial charge in [-0.05, 0) is 21.9 Å². The van der Waals surface area contributed by atoms with E-state index < -0.39 is 6.04 Å². The molecule has 2 aromatic carbocycles. The Morgan fingerprint density at radius 3 is 2.40 bits per heavy atom. The summed E-state index contributed by atoms with van der Waals surface area (Å²) in [6, 6.07) is 17.7. The number of nitrogens with one attached hydrogen (secondary N) is 2. The molecule has 3 aromatic rings. The predicted octanol–water partition coefficient (Wildman–Crippen LogP) is 2.60.